The molecule has 28 heavy (non-hydrogen) atoms. The zero-order valence-electron chi connectivity index (χ0n) is 15.3. The molecule has 1 aliphatic rings. The smallest absolute Gasteiger partial charge is 0.471 e. The van der Waals surface area contributed by atoms with E-state index in [9.17, 15) is 23.1 Å². The van der Waals surface area contributed by atoms with Crippen molar-refractivity contribution >= 4 is 22.6 Å². The minimum absolute atomic E-state index is 0.0613. The molecule has 1 amide bonds. The predicted molar refractivity (Wildman–Crippen MR) is 96.2 cm³/mol. The van der Waals surface area contributed by atoms with Crippen molar-refractivity contribution in [1.29, 1.82) is 0 Å². The van der Waals surface area contributed by atoms with Crippen LogP contribution in [0.5, 0.6) is 5.88 Å². The Morgan fingerprint density at radius 2 is 2.04 bits per heavy atom. The number of carbonyl (C=O) groups excluding carboxylic acids is 1. The maximum absolute atomic E-state index is 12.2. The molecule has 3 heterocycles. The van der Waals surface area contributed by atoms with Crippen LogP contribution in [0.25, 0.3) is 11.0 Å². The minimum Gasteiger partial charge on any atom is -0.481 e. The third-order valence-electron chi connectivity index (χ3n) is 4.91. The fourth-order valence-corrected chi connectivity index (χ4v) is 3.29. The number of aliphatic hydroxyl groups is 1. The Balaban J connectivity index is 1.64. The third-order valence-corrected chi connectivity index (χ3v) is 4.91. The van der Waals surface area contributed by atoms with E-state index in [0.29, 0.717) is 42.8 Å². The zero-order valence-corrected chi connectivity index (χ0v) is 15.3. The number of rotatable bonds is 5. The molecule has 0 radical (unpaired) electrons. The number of anilines is 1. The summed E-state index contributed by atoms with van der Waals surface area (Å²) in [4.78, 5) is 21.7. The Labute approximate surface area is 159 Å². The minimum atomic E-state index is -4.91. The molecule has 0 atom stereocenters. The van der Waals surface area contributed by atoms with Gasteiger partial charge in [0.1, 0.15) is 5.52 Å². The summed E-state index contributed by atoms with van der Waals surface area (Å²) in [5, 5.41) is 12.4. The fourth-order valence-electron chi connectivity index (χ4n) is 3.29. The van der Waals surface area contributed by atoms with Gasteiger partial charge in [-0.2, -0.15) is 13.2 Å². The summed E-state index contributed by atoms with van der Waals surface area (Å²) in [5.74, 6) is -1.52. The maximum Gasteiger partial charge on any atom is 0.471 e. The Kier molecular flexibility index (Phi) is 5.59. The van der Waals surface area contributed by atoms with Crippen LogP contribution in [0.15, 0.2) is 24.4 Å². The first kappa shape index (κ1) is 20.1. The number of pyridine rings is 2. The van der Waals surface area contributed by atoms with Crippen molar-refractivity contribution in [1.82, 2.24) is 15.3 Å². The molecule has 7 nitrogen and oxygen atoms in total. The number of fused-ring (bicyclic) bond motifs is 1. The summed E-state index contributed by atoms with van der Waals surface area (Å²) < 4.78 is 41.9. The molecule has 152 valence electrons. The molecular formula is C18H21F3N4O3. The summed E-state index contributed by atoms with van der Waals surface area (Å²) in [7, 11) is 1.53. The van der Waals surface area contributed by atoms with Crippen molar-refractivity contribution in [3.8, 4) is 5.88 Å². The van der Waals surface area contributed by atoms with Gasteiger partial charge in [-0.05, 0) is 31.4 Å². The van der Waals surface area contributed by atoms with E-state index < -0.39 is 17.7 Å². The van der Waals surface area contributed by atoms with Gasteiger partial charge in [0.15, 0.2) is 0 Å². The second-order valence-corrected chi connectivity index (χ2v) is 6.77. The predicted octanol–water partition coefficient (Wildman–Crippen LogP) is 2.04. The summed E-state index contributed by atoms with van der Waals surface area (Å²) in [6.07, 6.45) is -2.45. The normalized spacial score (nSPS) is 16.8. The molecule has 2 aromatic heterocycles. The molecule has 2 N–H and O–H groups in total. The molecule has 3 rings (SSSR count). The van der Waals surface area contributed by atoms with Crippen LogP contribution in [0.3, 0.4) is 0 Å². The van der Waals surface area contributed by atoms with Gasteiger partial charge in [0.2, 0.25) is 5.88 Å². The molecule has 0 aromatic carbocycles. The van der Waals surface area contributed by atoms with Crippen LogP contribution >= 0.6 is 0 Å². The second-order valence-electron chi connectivity index (χ2n) is 6.77. The first-order valence-electron chi connectivity index (χ1n) is 8.84. The van der Waals surface area contributed by atoms with Gasteiger partial charge >= 0.3 is 12.1 Å². The van der Waals surface area contributed by atoms with Gasteiger partial charge in [-0.3, -0.25) is 9.78 Å². The van der Waals surface area contributed by atoms with Crippen LogP contribution < -0.4 is 15.0 Å². The van der Waals surface area contributed by atoms with E-state index in [1.165, 1.54) is 7.11 Å². The summed E-state index contributed by atoms with van der Waals surface area (Å²) in [6, 6.07) is 5.38. The van der Waals surface area contributed by atoms with Crippen LogP contribution in [0.1, 0.15) is 19.3 Å². The summed E-state index contributed by atoms with van der Waals surface area (Å²) in [6.45, 7) is 0.773. The van der Waals surface area contributed by atoms with Gasteiger partial charge in [-0.25, -0.2) is 4.98 Å². The molecule has 1 aliphatic heterocycles. The van der Waals surface area contributed by atoms with Crippen molar-refractivity contribution in [3.05, 3.63) is 24.4 Å². The van der Waals surface area contributed by atoms with Crippen LogP contribution in [0.4, 0.5) is 18.9 Å². The summed E-state index contributed by atoms with van der Waals surface area (Å²) >= 11 is 0. The van der Waals surface area contributed by atoms with Crippen molar-refractivity contribution in [2.75, 3.05) is 31.6 Å². The lowest BCUT2D eigenvalue weighted by Gasteiger charge is -2.39. The molecule has 10 heteroatoms. The largest absolute Gasteiger partial charge is 0.481 e. The van der Waals surface area contributed by atoms with Gasteiger partial charge in [0.05, 0.1) is 23.9 Å². The lowest BCUT2D eigenvalue weighted by Crippen LogP contribution is -2.47. The molecule has 1 fully saturated rings. The Bertz CT molecular complexity index is 852. The highest BCUT2D eigenvalue weighted by atomic mass is 19.4. The van der Waals surface area contributed by atoms with E-state index in [4.69, 9.17) is 4.74 Å². The molecule has 0 bridgehead atoms. The van der Waals surface area contributed by atoms with Crippen LogP contribution in [0, 0.1) is 0 Å². The van der Waals surface area contributed by atoms with Crippen molar-refractivity contribution in [3.63, 3.8) is 0 Å². The van der Waals surface area contributed by atoms with Gasteiger partial charge in [-0.15, -0.1) is 0 Å². The SMILES string of the molecule is COc1ccc2nccc(N3CCC(O)(CCNC(=O)C(F)(F)F)CC3)c2n1. The monoisotopic (exact) mass is 398 g/mol. The molecule has 0 unspecified atom stereocenters. The molecule has 0 saturated carbocycles. The first-order chi connectivity index (χ1) is 13.2. The molecular weight excluding hydrogens is 377 g/mol. The Morgan fingerprint density at radius 1 is 1.32 bits per heavy atom. The standard InChI is InChI=1S/C18H21F3N4O3/c1-28-14-3-2-12-15(24-14)13(4-8-22-12)25-10-6-17(27,7-11-25)5-9-23-16(26)18(19,20)21/h2-4,8,27H,5-7,9-11H2,1H3,(H,23,26). The number of carbonyl (C=O) groups is 1. The maximum atomic E-state index is 12.2. The highest BCUT2D eigenvalue weighted by Crippen LogP contribution is 2.32. The molecule has 0 spiro atoms. The van der Waals surface area contributed by atoms with E-state index in [1.807, 2.05) is 12.1 Å². The van der Waals surface area contributed by atoms with E-state index in [1.54, 1.807) is 17.6 Å². The van der Waals surface area contributed by atoms with E-state index in [-0.39, 0.29) is 13.0 Å². The number of ether oxygens (including phenoxy) is 1. The van der Waals surface area contributed by atoms with Crippen LogP contribution in [-0.2, 0) is 4.79 Å². The number of hydrogen-bond donors (Lipinski definition) is 2. The van der Waals surface area contributed by atoms with Gasteiger partial charge in [0, 0.05) is 31.9 Å². The van der Waals surface area contributed by atoms with Gasteiger partial charge < -0.3 is 20.1 Å². The van der Waals surface area contributed by atoms with E-state index in [0.717, 1.165) is 5.69 Å². The van der Waals surface area contributed by atoms with Crippen molar-refractivity contribution in [2.24, 2.45) is 0 Å². The molecule has 1 saturated heterocycles. The average molecular weight is 398 g/mol. The molecule has 2 aromatic rings. The average Bonchev–Trinajstić information content (AvgIpc) is 2.67. The first-order valence-corrected chi connectivity index (χ1v) is 8.84. The fraction of sp³-hybridized carbons (Fsp3) is 0.500. The number of piperidine rings is 1. The molecule has 0 aliphatic carbocycles. The number of halogens is 3. The number of hydrogen-bond acceptors (Lipinski definition) is 6. The topological polar surface area (TPSA) is 87.6 Å². The summed E-state index contributed by atoms with van der Waals surface area (Å²) in [5.41, 5.74) is 1.14. The van der Waals surface area contributed by atoms with Gasteiger partial charge in [0.25, 0.3) is 0 Å². The number of nitrogens with one attached hydrogen (secondary N) is 1. The number of methoxy groups -OCH3 is 1. The number of alkyl halides is 3. The van der Waals surface area contributed by atoms with Crippen LogP contribution in [0.2, 0.25) is 0 Å². The zero-order chi connectivity index (χ0) is 20.4. The third kappa shape index (κ3) is 4.44. The van der Waals surface area contributed by atoms with Gasteiger partial charge in [-0.1, -0.05) is 0 Å². The number of aromatic nitrogens is 2. The lowest BCUT2D eigenvalue weighted by atomic mass is 9.88. The Hall–Kier alpha value is -2.62. The number of nitrogens with zero attached hydrogens (tertiary/aromatic N) is 3. The quantitative estimate of drug-likeness (QED) is 0.802. The van der Waals surface area contributed by atoms with Crippen LogP contribution in [-0.4, -0.2) is 59.5 Å². The van der Waals surface area contributed by atoms with Crippen molar-refractivity contribution < 1.29 is 27.8 Å². The number of amides is 1. The van der Waals surface area contributed by atoms with E-state index >= 15 is 0 Å². The second kappa shape index (κ2) is 7.78. The van der Waals surface area contributed by atoms with Crippen molar-refractivity contribution in [2.45, 2.75) is 31.0 Å². The lowest BCUT2D eigenvalue weighted by molar-refractivity contribution is -0.173. The Morgan fingerprint density at radius 3 is 2.68 bits per heavy atom. The highest BCUT2D eigenvalue weighted by molar-refractivity contribution is 5.88. The van der Waals surface area contributed by atoms with E-state index in [2.05, 4.69) is 14.9 Å². The highest BCUT2D eigenvalue weighted by Gasteiger charge is 2.39.